The lowest BCUT2D eigenvalue weighted by atomic mass is 10.1. The van der Waals surface area contributed by atoms with Crippen LogP contribution in [0.25, 0.3) is 0 Å². The van der Waals surface area contributed by atoms with E-state index in [1.54, 1.807) is 36.0 Å². The number of benzene rings is 1. The number of aromatic nitrogens is 2. The zero-order valence-electron chi connectivity index (χ0n) is 13.0. The SMILES string of the molecule is CSCCC(NC(=O)n1ccnc1)N1C(=O)c2ccccc2C1=O. The van der Waals surface area contributed by atoms with Gasteiger partial charge in [0.1, 0.15) is 12.5 Å². The van der Waals surface area contributed by atoms with Crippen LogP contribution in [0.5, 0.6) is 0 Å². The maximum Gasteiger partial charge on any atom is 0.328 e. The molecule has 1 atom stereocenters. The number of carbonyl (C=O) groups excluding carboxylic acids is 3. The Kier molecular flexibility index (Phi) is 4.66. The smallest absolute Gasteiger partial charge is 0.316 e. The molecular weight excluding hydrogens is 328 g/mol. The second-order valence-electron chi connectivity index (χ2n) is 5.24. The van der Waals surface area contributed by atoms with E-state index in [2.05, 4.69) is 10.3 Å². The molecule has 0 spiro atoms. The van der Waals surface area contributed by atoms with Crippen LogP contribution in [0, 0.1) is 0 Å². The van der Waals surface area contributed by atoms with Gasteiger partial charge in [0.05, 0.1) is 11.1 Å². The molecule has 1 aromatic heterocycles. The van der Waals surface area contributed by atoms with Crippen LogP contribution in [0.4, 0.5) is 4.79 Å². The predicted octanol–water partition coefficient (Wildman–Crippen LogP) is 1.82. The number of nitrogens with zero attached hydrogens (tertiary/aromatic N) is 3. The first-order valence-electron chi connectivity index (χ1n) is 7.38. The first-order valence-corrected chi connectivity index (χ1v) is 8.77. The molecule has 1 unspecified atom stereocenters. The molecule has 2 aromatic rings. The lowest BCUT2D eigenvalue weighted by Gasteiger charge is -2.27. The van der Waals surface area contributed by atoms with E-state index in [4.69, 9.17) is 0 Å². The summed E-state index contributed by atoms with van der Waals surface area (Å²) in [7, 11) is 0. The van der Waals surface area contributed by atoms with Gasteiger partial charge in [-0.2, -0.15) is 11.8 Å². The quantitative estimate of drug-likeness (QED) is 0.837. The summed E-state index contributed by atoms with van der Waals surface area (Å²) in [4.78, 5) is 42.5. The van der Waals surface area contributed by atoms with Gasteiger partial charge in [0.2, 0.25) is 0 Å². The van der Waals surface area contributed by atoms with E-state index in [-0.39, 0.29) is 11.8 Å². The third-order valence-corrected chi connectivity index (χ3v) is 4.41. The second-order valence-corrected chi connectivity index (χ2v) is 6.23. The van der Waals surface area contributed by atoms with Crippen LogP contribution in [0.1, 0.15) is 27.1 Å². The lowest BCUT2D eigenvalue weighted by molar-refractivity contribution is 0.0561. The number of imidazole rings is 1. The van der Waals surface area contributed by atoms with Gasteiger partial charge in [0.15, 0.2) is 0 Å². The Hall–Kier alpha value is -2.61. The predicted molar refractivity (Wildman–Crippen MR) is 89.9 cm³/mol. The van der Waals surface area contributed by atoms with Crippen molar-refractivity contribution in [1.82, 2.24) is 19.8 Å². The Bertz CT molecular complexity index is 740. The molecule has 2 heterocycles. The number of imide groups is 1. The Morgan fingerprint density at radius 3 is 2.46 bits per heavy atom. The van der Waals surface area contributed by atoms with Gasteiger partial charge in [-0.1, -0.05) is 12.1 Å². The molecule has 0 saturated carbocycles. The van der Waals surface area contributed by atoms with E-state index in [1.165, 1.54) is 23.3 Å². The minimum atomic E-state index is -0.709. The zero-order chi connectivity index (χ0) is 17.1. The normalized spacial score (nSPS) is 14.6. The maximum atomic E-state index is 12.6. The van der Waals surface area contributed by atoms with Crippen LogP contribution in [0.15, 0.2) is 43.0 Å². The summed E-state index contributed by atoms with van der Waals surface area (Å²) in [5, 5.41) is 2.75. The van der Waals surface area contributed by atoms with E-state index in [9.17, 15) is 14.4 Å². The van der Waals surface area contributed by atoms with E-state index in [0.29, 0.717) is 23.3 Å². The number of hydrogen-bond donors (Lipinski definition) is 1. The Balaban J connectivity index is 1.85. The van der Waals surface area contributed by atoms with Crippen LogP contribution in [0.3, 0.4) is 0 Å². The highest BCUT2D eigenvalue weighted by molar-refractivity contribution is 7.98. The summed E-state index contributed by atoms with van der Waals surface area (Å²) in [6.07, 6.45) is 6.04. The number of fused-ring (bicyclic) bond motifs is 1. The average molecular weight is 344 g/mol. The van der Waals surface area contributed by atoms with Crippen molar-refractivity contribution in [3.8, 4) is 0 Å². The van der Waals surface area contributed by atoms with Gasteiger partial charge in [0.25, 0.3) is 11.8 Å². The van der Waals surface area contributed by atoms with Crippen LogP contribution < -0.4 is 5.32 Å². The van der Waals surface area contributed by atoms with Crippen molar-refractivity contribution in [2.45, 2.75) is 12.6 Å². The van der Waals surface area contributed by atoms with E-state index in [0.717, 1.165) is 4.90 Å². The highest BCUT2D eigenvalue weighted by atomic mass is 32.2. The number of nitrogens with one attached hydrogen (secondary N) is 1. The molecule has 0 aliphatic carbocycles. The molecular formula is C16H16N4O3S. The Morgan fingerprint density at radius 2 is 1.92 bits per heavy atom. The van der Waals surface area contributed by atoms with Gasteiger partial charge in [0, 0.05) is 12.4 Å². The molecule has 1 aliphatic heterocycles. The average Bonchev–Trinajstić information content (AvgIpc) is 3.21. The molecule has 3 amide bonds. The molecule has 1 aliphatic rings. The fourth-order valence-corrected chi connectivity index (χ4v) is 3.04. The number of hydrogen-bond acceptors (Lipinski definition) is 5. The number of amides is 3. The van der Waals surface area contributed by atoms with E-state index < -0.39 is 12.2 Å². The van der Waals surface area contributed by atoms with Crippen molar-refractivity contribution in [1.29, 1.82) is 0 Å². The third-order valence-electron chi connectivity index (χ3n) is 3.76. The van der Waals surface area contributed by atoms with Gasteiger partial charge in [-0.15, -0.1) is 0 Å². The minimum absolute atomic E-state index is 0.369. The van der Waals surface area contributed by atoms with Gasteiger partial charge in [-0.05, 0) is 30.6 Å². The molecule has 24 heavy (non-hydrogen) atoms. The van der Waals surface area contributed by atoms with Crippen molar-refractivity contribution in [2.75, 3.05) is 12.0 Å². The van der Waals surface area contributed by atoms with Gasteiger partial charge in [-0.3, -0.25) is 19.1 Å². The number of thioether (sulfide) groups is 1. The molecule has 0 fully saturated rings. The zero-order valence-corrected chi connectivity index (χ0v) is 13.8. The fourth-order valence-electron chi connectivity index (χ4n) is 2.58. The summed E-state index contributed by atoms with van der Waals surface area (Å²) in [6, 6.07) is 6.25. The molecule has 0 radical (unpaired) electrons. The summed E-state index contributed by atoms with van der Waals surface area (Å²) in [5.74, 6) is -0.0669. The van der Waals surface area contributed by atoms with Gasteiger partial charge in [-0.25, -0.2) is 9.78 Å². The first-order chi connectivity index (χ1) is 11.6. The monoisotopic (exact) mass is 344 g/mol. The van der Waals surface area contributed by atoms with Crippen LogP contribution in [0.2, 0.25) is 0 Å². The summed E-state index contributed by atoms with van der Waals surface area (Å²) < 4.78 is 1.27. The summed E-state index contributed by atoms with van der Waals surface area (Å²) in [5.41, 5.74) is 0.738. The Morgan fingerprint density at radius 1 is 1.25 bits per heavy atom. The fraction of sp³-hybridized carbons (Fsp3) is 0.250. The first kappa shape index (κ1) is 16.3. The molecule has 1 aromatic carbocycles. The molecule has 1 N–H and O–H groups in total. The second kappa shape index (κ2) is 6.88. The largest absolute Gasteiger partial charge is 0.328 e. The molecule has 7 nitrogen and oxygen atoms in total. The van der Waals surface area contributed by atoms with Crippen molar-refractivity contribution in [3.63, 3.8) is 0 Å². The molecule has 0 bridgehead atoms. The number of rotatable bonds is 5. The minimum Gasteiger partial charge on any atom is -0.316 e. The van der Waals surface area contributed by atoms with Gasteiger partial charge >= 0.3 is 6.03 Å². The van der Waals surface area contributed by atoms with E-state index in [1.807, 2.05) is 6.26 Å². The van der Waals surface area contributed by atoms with Crippen LogP contribution >= 0.6 is 11.8 Å². The maximum absolute atomic E-state index is 12.6. The van der Waals surface area contributed by atoms with Crippen molar-refractivity contribution >= 4 is 29.6 Å². The van der Waals surface area contributed by atoms with Crippen molar-refractivity contribution in [3.05, 3.63) is 54.1 Å². The highest BCUT2D eigenvalue weighted by Gasteiger charge is 2.40. The Labute approximate surface area is 143 Å². The summed E-state index contributed by atoms with van der Waals surface area (Å²) >= 11 is 1.58. The molecule has 124 valence electrons. The van der Waals surface area contributed by atoms with Crippen LogP contribution in [-0.4, -0.2) is 50.5 Å². The van der Waals surface area contributed by atoms with Crippen molar-refractivity contribution < 1.29 is 14.4 Å². The molecule has 0 saturated heterocycles. The molecule has 8 heteroatoms. The molecule has 3 rings (SSSR count). The standard InChI is InChI=1S/C16H16N4O3S/c1-24-9-6-13(18-16(23)19-8-7-17-10-19)20-14(21)11-4-2-3-5-12(11)15(20)22/h2-5,7-8,10,13H,6,9H2,1H3,(H,18,23). The lowest BCUT2D eigenvalue weighted by Crippen LogP contribution is -2.52. The van der Waals surface area contributed by atoms with Crippen LogP contribution in [-0.2, 0) is 0 Å². The highest BCUT2D eigenvalue weighted by Crippen LogP contribution is 2.25. The topological polar surface area (TPSA) is 84.3 Å². The summed E-state index contributed by atoms with van der Waals surface area (Å²) in [6.45, 7) is 0. The third kappa shape index (κ3) is 2.92. The van der Waals surface area contributed by atoms with E-state index >= 15 is 0 Å². The van der Waals surface area contributed by atoms with Crippen molar-refractivity contribution in [2.24, 2.45) is 0 Å². The number of carbonyl (C=O) groups is 3. The van der Waals surface area contributed by atoms with Gasteiger partial charge < -0.3 is 5.32 Å².